The second-order valence-corrected chi connectivity index (χ2v) is 5.38. The molecule has 3 aromatic rings. The lowest BCUT2D eigenvalue weighted by atomic mass is 10.1. The number of hydrogen-bond acceptors (Lipinski definition) is 2. The molecule has 1 aromatic heterocycles. The minimum Gasteiger partial charge on any atom is -0.392 e. The van der Waals surface area contributed by atoms with Gasteiger partial charge in [-0.2, -0.15) is 5.10 Å². The predicted molar refractivity (Wildman–Crippen MR) is 84.7 cm³/mol. The number of aryl methyl sites for hydroxylation is 1. The highest BCUT2D eigenvalue weighted by Crippen LogP contribution is 2.25. The molecule has 0 fully saturated rings. The Hall–Kier alpha value is -2.10. The highest BCUT2D eigenvalue weighted by Gasteiger charge is 2.11. The van der Waals surface area contributed by atoms with Crippen LogP contribution < -0.4 is 0 Å². The zero-order chi connectivity index (χ0) is 14.8. The van der Waals surface area contributed by atoms with E-state index in [2.05, 4.69) is 5.10 Å². The van der Waals surface area contributed by atoms with Gasteiger partial charge < -0.3 is 5.11 Å². The molecule has 4 heteroatoms. The summed E-state index contributed by atoms with van der Waals surface area (Å²) in [4.78, 5) is 0. The van der Waals surface area contributed by atoms with E-state index in [1.54, 1.807) is 4.68 Å². The lowest BCUT2D eigenvalue weighted by Crippen LogP contribution is -1.94. The van der Waals surface area contributed by atoms with Crippen molar-refractivity contribution >= 4 is 11.6 Å². The number of nitrogens with zero attached hydrogens (tertiary/aromatic N) is 2. The van der Waals surface area contributed by atoms with Gasteiger partial charge in [-0.3, -0.25) is 0 Å². The average molecular weight is 299 g/mol. The monoisotopic (exact) mass is 298 g/mol. The van der Waals surface area contributed by atoms with Crippen molar-refractivity contribution in [3.8, 4) is 16.9 Å². The van der Waals surface area contributed by atoms with Crippen molar-refractivity contribution in [3.05, 3.63) is 70.9 Å². The molecule has 0 aliphatic carbocycles. The summed E-state index contributed by atoms with van der Waals surface area (Å²) >= 11 is 5.91. The van der Waals surface area contributed by atoms with Crippen molar-refractivity contribution in [2.24, 2.45) is 0 Å². The van der Waals surface area contributed by atoms with Crippen LogP contribution in [0.1, 0.15) is 11.1 Å². The van der Waals surface area contributed by atoms with E-state index in [0.717, 1.165) is 22.5 Å². The maximum absolute atomic E-state index is 9.56. The second-order valence-electron chi connectivity index (χ2n) is 4.95. The maximum atomic E-state index is 9.56. The van der Waals surface area contributed by atoms with Gasteiger partial charge >= 0.3 is 0 Å². The van der Waals surface area contributed by atoms with E-state index >= 15 is 0 Å². The molecular formula is C17H15ClN2O. The second kappa shape index (κ2) is 5.72. The quantitative estimate of drug-likeness (QED) is 0.794. The van der Waals surface area contributed by atoms with E-state index in [-0.39, 0.29) is 6.61 Å². The normalized spacial score (nSPS) is 10.8. The van der Waals surface area contributed by atoms with E-state index in [4.69, 9.17) is 11.6 Å². The van der Waals surface area contributed by atoms with Gasteiger partial charge in [-0.05, 0) is 31.2 Å². The first kappa shape index (κ1) is 13.9. The van der Waals surface area contributed by atoms with Crippen molar-refractivity contribution in [2.45, 2.75) is 13.5 Å². The molecule has 0 saturated heterocycles. The lowest BCUT2D eigenvalue weighted by Gasteiger charge is -2.02. The number of benzene rings is 2. The van der Waals surface area contributed by atoms with Crippen LogP contribution in [-0.4, -0.2) is 14.9 Å². The molecule has 0 bridgehead atoms. The first-order valence-electron chi connectivity index (χ1n) is 6.70. The van der Waals surface area contributed by atoms with Crippen LogP contribution in [-0.2, 0) is 6.61 Å². The zero-order valence-corrected chi connectivity index (χ0v) is 12.4. The van der Waals surface area contributed by atoms with Gasteiger partial charge in [-0.15, -0.1) is 0 Å². The Morgan fingerprint density at radius 2 is 1.71 bits per heavy atom. The third kappa shape index (κ3) is 2.84. The largest absolute Gasteiger partial charge is 0.392 e. The highest BCUT2D eigenvalue weighted by atomic mass is 35.5. The summed E-state index contributed by atoms with van der Waals surface area (Å²) < 4.78 is 1.79. The molecule has 0 amide bonds. The highest BCUT2D eigenvalue weighted by molar-refractivity contribution is 6.30. The summed E-state index contributed by atoms with van der Waals surface area (Å²) in [6, 6.07) is 15.6. The molecule has 0 saturated carbocycles. The zero-order valence-electron chi connectivity index (χ0n) is 11.6. The standard InChI is InChI=1S/C17H15ClN2O/c1-12-2-8-16(9-3-12)20-10-14(11-21)17(19-20)13-4-6-15(18)7-5-13/h2-10,21H,11H2,1H3. The van der Waals surface area contributed by atoms with Crippen molar-refractivity contribution in [1.82, 2.24) is 9.78 Å². The number of hydrogen-bond donors (Lipinski definition) is 1. The molecule has 0 spiro atoms. The van der Waals surface area contributed by atoms with Gasteiger partial charge in [-0.1, -0.05) is 41.4 Å². The number of halogens is 1. The van der Waals surface area contributed by atoms with Gasteiger partial charge in [0.1, 0.15) is 0 Å². The van der Waals surface area contributed by atoms with Gasteiger partial charge in [0.15, 0.2) is 0 Å². The van der Waals surface area contributed by atoms with Crippen molar-refractivity contribution in [1.29, 1.82) is 0 Å². The van der Waals surface area contributed by atoms with Crippen LogP contribution in [0.2, 0.25) is 5.02 Å². The van der Waals surface area contributed by atoms with E-state index in [1.165, 1.54) is 5.56 Å². The van der Waals surface area contributed by atoms with E-state index < -0.39 is 0 Å². The minimum atomic E-state index is -0.0518. The van der Waals surface area contributed by atoms with Crippen molar-refractivity contribution in [3.63, 3.8) is 0 Å². The molecule has 0 aliphatic rings. The topological polar surface area (TPSA) is 38.0 Å². The maximum Gasteiger partial charge on any atom is 0.0982 e. The van der Waals surface area contributed by atoms with E-state index in [0.29, 0.717) is 5.02 Å². The summed E-state index contributed by atoms with van der Waals surface area (Å²) in [5.41, 5.74) is 4.67. The molecule has 3 nitrogen and oxygen atoms in total. The molecule has 1 heterocycles. The van der Waals surface area contributed by atoms with Crippen LogP contribution in [0, 0.1) is 6.92 Å². The van der Waals surface area contributed by atoms with Gasteiger partial charge in [0.2, 0.25) is 0 Å². The summed E-state index contributed by atoms with van der Waals surface area (Å²) in [7, 11) is 0. The van der Waals surface area contributed by atoms with E-state index in [1.807, 2.05) is 61.7 Å². The minimum absolute atomic E-state index is 0.0518. The molecule has 0 aliphatic heterocycles. The Morgan fingerprint density at radius 3 is 2.33 bits per heavy atom. The fourth-order valence-electron chi connectivity index (χ4n) is 2.21. The smallest absolute Gasteiger partial charge is 0.0982 e. The molecular weight excluding hydrogens is 284 g/mol. The third-order valence-electron chi connectivity index (χ3n) is 3.38. The van der Waals surface area contributed by atoms with Crippen LogP contribution >= 0.6 is 11.6 Å². The van der Waals surface area contributed by atoms with Gasteiger partial charge in [0, 0.05) is 22.3 Å². The van der Waals surface area contributed by atoms with Crippen LogP contribution in [0.25, 0.3) is 16.9 Å². The Labute approximate surface area is 128 Å². The van der Waals surface area contributed by atoms with E-state index in [9.17, 15) is 5.11 Å². The Kier molecular flexibility index (Phi) is 3.78. The SMILES string of the molecule is Cc1ccc(-n2cc(CO)c(-c3ccc(Cl)cc3)n2)cc1. The summed E-state index contributed by atoms with van der Waals surface area (Å²) in [6.07, 6.45) is 1.86. The molecule has 106 valence electrons. The first-order valence-corrected chi connectivity index (χ1v) is 7.07. The number of aliphatic hydroxyl groups is 1. The Balaban J connectivity index is 2.05. The molecule has 0 atom stereocenters. The summed E-state index contributed by atoms with van der Waals surface area (Å²) in [5.74, 6) is 0. The number of aliphatic hydroxyl groups excluding tert-OH is 1. The van der Waals surface area contributed by atoms with Crippen LogP contribution in [0.5, 0.6) is 0 Å². The number of aromatic nitrogens is 2. The van der Waals surface area contributed by atoms with Gasteiger partial charge in [0.25, 0.3) is 0 Å². The lowest BCUT2D eigenvalue weighted by molar-refractivity contribution is 0.282. The van der Waals surface area contributed by atoms with Crippen LogP contribution in [0.4, 0.5) is 0 Å². The third-order valence-corrected chi connectivity index (χ3v) is 3.63. The Bertz CT molecular complexity index is 745. The Morgan fingerprint density at radius 1 is 1.05 bits per heavy atom. The average Bonchev–Trinajstić information content (AvgIpc) is 2.93. The molecule has 0 unspecified atom stereocenters. The molecule has 0 radical (unpaired) electrons. The predicted octanol–water partition coefficient (Wildman–Crippen LogP) is 3.99. The summed E-state index contributed by atoms with van der Waals surface area (Å²) in [6.45, 7) is 2.00. The summed E-state index contributed by atoms with van der Waals surface area (Å²) in [5, 5.41) is 14.8. The van der Waals surface area contributed by atoms with Crippen molar-refractivity contribution in [2.75, 3.05) is 0 Å². The molecule has 2 aromatic carbocycles. The van der Waals surface area contributed by atoms with Crippen molar-refractivity contribution < 1.29 is 5.11 Å². The molecule has 21 heavy (non-hydrogen) atoms. The van der Waals surface area contributed by atoms with Crippen LogP contribution in [0.15, 0.2) is 54.7 Å². The first-order chi connectivity index (χ1) is 10.2. The van der Waals surface area contributed by atoms with Crippen LogP contribution in [0.3, 0.4) is 0 Å². The fraction of sp³-hybridized carbons (Fsp3) is 0.118. The molecule has 3 rings (SSSR count). The fourth-order valence-corrected chi connectivity index (χ4v) is 2.33. The van der Waals surface area contributed by atoms with Gasteiger partial charge in [-0.25, -0.2) is 4.68 Å². The van der Waals surface area contributed by atoms with Gasteiger partial charge in [0.05, 0.1) is 18.0 Å². The number of rotatable bonds is 3. The molecule has 1 N–H and O–H groups in total.